The normalized spacial score (nSPS) is 14.0. The van der Waals surface area contributed by atoms with E-state index in [1.54, 1.807) is 0 Å². The highest BCUT2D eigenvalue weighted by Gasteiger charge is 2.18. The van der Waals surface area contributed by atoms with Crippen LogP contribution in [0.3, 0.4) is 0 Å². The van der Waals surface area contributed by atoms with Crippen LogP contribution < -0.4 is 0 Å². The van der Waals surface area contributed by atoms with Gasteiger partial charge in [0.1, 0.15) is 0 Å². The van der Waals surface area contributed by atoms with Gasteiger partial charge in [0, 0.05) is 22.3 Å². The quantitative estimate of drug-likeness (QED) is 0.467. The van der Waals surface area contributed by atoms with Crippen molar-refractivity contribution in [1.29, 1.82) is 0 Å². The summed E-state index contributed by atoms with van der Waals surface area (Å²) in [5.41, 5.74) is 6.26. The molecule has 5 rings (SSSR count). The fraction of sp³-hybridized carbons (Fsp3) is 0.190. The van der Waals surface area contributed by atoms with Gasteiger partial charge in [-0.3, -0.25) is 4.40 Å². The average Bonchev–Trinajstić information content (AvgIpc) is 3.21. The molecule has 0 bridgehead atoms. The van der Waals surface area contributed by atoms with Gasteiger partial charge in [0.2, 0.25) is 0 Å². The van der Waals surface area contributed by atoms with Crippen molar-refractivity contribution in [1.82, 2.24) is 9.38 Å². The largest absolute Gasteiger partial charge is 0.294 e. The van der Waals surface area contributed by atoms with Crippen LogP contribution in [0.2, 0.25) is 0 Å². The predicted octanol–water partition coefficient (Wildman–Crippen LogP) is 5.61. The molecule has 2 aromatic carbocycles. The van der Waals surface area contributed by atoms with E-state index in [0.29, 0.717) is 0 Å². The van der Waals surface area contributed by atoms with Gasteiger partial charge in [0.15, 0.2) is 4.96 Å². The highest BCUT2D eigenvalue weighted by Crippen LogP contribution is 2.32. The maximum absolute atomic E-state index is 4.87. The van der Waals surface area contributed by atoms with Crippen LogP contribution in [0, 0.1) is 0 Å². The third-order valence-electron chi connectivity index (χ3n) is 4.86. The molecular weight excluding hydrogens is 312 g/mol. The highest BCUT2D eigenvalue weighted by molar-refractivity contribution is 7.17. The Labute approximate surface area is 145 Å². The first-order chi connectivity index (χ1) is 11.9. The molecule has 2 nitrogen and oxygen atoms in total. The van der Waals surface area contributed by atoms with E-state index in [2.05, 4.69) is 65.2 Å². The van der Waals surface area contributed by atoms with Gasteiger partial charge in [-0.2, -0.15) is 0 Å². The number of hydrogen-bond donors (Lipinski definition) is 0. The van der Waals surface area contributed by atoms with Crippen molar-refractivity contribution in [3.63, 3.8) is 0 Å². The monoisotopic (exact) mass is 330 g/mol. The molecule has 0 radical (unpaired) electrons. The summed E-state index contributed by atoms with van der Waals surface area (Å²) < 4.78 is 2.32. The van der Waals surface area contributed by atoms with E-state index in [0.717, 1.165) is 10.7 Å². The van der Waals surface area contributed by atoms with Crippen LogP contribution in [-0.4, -0.2) is 9.38 Å². The number of hydrogen-bond acceptors (Lipinski definition) is 2. The summed E-state index contributed by atoms with van der Waals surface area (Å²) in [5, 5.41) is 0. The van der Waals surface area contributed by atoms with Crippen LogP contribution >= 0.6 is 11.3 Å². The molecule has 24 heavy (non-hydrogen) atoms. The summed E-state index contributed by atoms with van der Waals surface area (Å²) >= 11 is 1.87. The van der Waals surface area contributed by atoms with Crippen molar-refractivity contribution < 1.29 is 0 Å². The van der Waals surface area contributed by atoms with E-state index in [1.807, 2.05) is 11.3 Å². The fourth-order valence-corrected chi connectivity index (χ4v) is 4.76. The summed E-state index contributed by atoms with van der Waals surface area (Å²) in [6.07, 6.45) is 7.26. The van der Waals surface area contributed by atoms with Crippen LogP contribution in [0.1, 0.15) is 23.4 Å². The van der Waals surface area contributed by atoms with Crippen molar-refractivity contribution >= 4 is 16.3 Å². The van der Waals surface area contributed by atoms with Crippen molar-refractivity contribution in [2.24, 2.45) is 0 Å². The number of fused-ring (bicyclic) bond motifs is 3. The zero-order valence-corrected chi connectivity index (χ0v) is 14.2. The Morgan fingerprint density at radius 2 is 1.50 bits per heavy atom. The van der Waals surface area contributed by atoms with Crippen molar-refractivity contribution in [3.8, 4) is 22.4 Å². The van der Waals surface area contributed by atoms with Gasteiger partial charge in [0.05, 0.1) is 5.69 Å². The lowest BCUT2D eigenvalue weighted by atomic mass is 10.0. The summed E-state index contributed by atoms with van der Waals surface area (Å²) in [6, 6.07) is 19.2. The summed E-state index contributed by atoms with van der Waals surface area (Å²) in [6.45, 7) is 0. The third-order valence-corrected chi connectivity index (χ3v) is 6.01. The lowest BCUT2D eigenvalue weighted by Gasteiger charge is -2.09. The Morgan fingerprint density at radius 1 is 0.792 bits per heavy atom. The summed E-state index contributed by atoms with van der Waals surface area (Å²) in [4.78, 5) is 7.55. The molecule has 2 aromatic heterocycles. The molecule has 0 fully saturated rings. The van der Waals surface area contributed by atoms with E-state index in [4.69, 9.17) is 4.98 Å². The molecule has 4 aromatic rings. The smallest absolute Gasteiger partial charge is 0.194 e. The first-order valence-corrected chi connectivity index (χ1v) is 9.36. The van der Waals surface area contributed by atoms with E-state index >= 15 is 0 Å². The molecule has 2 heterocycles. The number of thiazole rings is 1. The minimum Gasteiger partial charge on any atom is -0.294 e. The first-order valence-electron chi connectivity index (χ1n) is 8.54. The Hall–Kier alpha value is -2.39. The van der Waals surface area contributed by atoms with Gasteiger partial charge < -0.3 is 0 Å². The summed E-state index contributed by atoms with van der Waals surface area (Å²) in [7, 11) is 0. The molecule has 0 N–H and O–H groups in total. The number of imidazole rings is 1. The molecule has 0 amide bonds. The second-order valence-corrected chi connectivity index (χ2v) is 7.46. The fourth-order valence-electron chi connectivity index (χ4n) is 3.57. The van der Waals surface area contributed by atoms with Gasteiger partial charge in [-0.25, -0.2) is 4.98 Å². The molecular formula is C21H18N2S. The number of aryl methyl sites for hydroxylation is 2. The topological polar surface area (TPSA) is 17.3 Å². The number of aromatic nitrogens is 2. The van der Waals surface area contributed by atoms with Crippen LogP contribution in [0.25, 0.3) is 27.3 Å². The van der Waals surface area contributed by atoms with Gasteiger partial charge in [-0.1, -0.05) is 54.6 Å². The zero-order chi connectivity index (χ0) is 15.9. The van der Waals surface area contributed by atoms with Crippen molar-refractivity contribution in [3.05, 3.63) is 71.4 Å². The molecule has 0 saturated carbocycles. The van der Waals surface area contributed by atoms with Crippen LogP contribution in [0.5, 0.6) is 0 Å². The SMILES string of the molecule is c1ccc(-c2ccc(-c3cn4c5c(sc4n3)CCCC5)cc2)cc1. The van der Waals surface area contributed by atoms with Gasteiger partial charge in [-0.05, 0) is 36.8 Å². The second kappa shape index (κ2) is 5.60. The molecule has 0 saturated heterocycles. The Kier molecular flexibility index (Phi) is 3.27. The van der Waals surface area contributed by atoms with E-state index in [1.165, 1.54) is 52.9 Å². The lowest BCUT2D eigenvalue weighted by Crippen LogP contribution is -2.01. The number of benzene rings is 2. The Bertz CT molecular complexity index is 994. The standard InChI is InChI=1S/C21H18N2S/c1-2-6-15(7-3-1)16-10-12-17(13-11-16)18-14-23-19-8-4-5-9-20(19)24-21(23)22-18/h1-3,6-7,10-14H,4-5,8-9H2. The lowest BCUT2D eigenvalue weighted by molar-refractivity contribution is 0.674. The third kappa shape index (κ3) is 2.28. The predicted molar refractivity (Wildman–Crippen MR) is 101 cm³/mol. The molecule has 0 spiro atoms. The zero-order valence-electron chi connectivity index (χ0n) is 13.4. The average molecular weight is 330 g/mol. The van der Waals surface area contributed by atoms with Crippen LogP contribution in [0.15, 0.2) is 60.8 Å². The van der Waals surface area contributed by atoms with Crippen molar-refractivity contribution in [2.45, 2.75) is 25.7 Å². The Balaban J connectivity index is 1.52. The first kappa shape index (κ1) is 14.0. The van der Waals surface area contributed by atoms with E-state index in [-0.39, 0.29) is 0 Å². The van der Waals surface area contributed by atoms with Crippen LogP contribution in [0.4, 0.5) is 0 Å². The molecule has 1 aliphatic carbocycles. The molecule has 0 aliphatic heterocycles. The van der Waals surface area contributed by atoms with Crippen molar-refractivity contribution in [2.75, 3.05) is 0 Å². The number of rotatable bonds is 2. The molecule has 0 unspecified atom stereocenters. The maximum Gasteiger partial charge on any atom is 0.194 e. The second-order valence-electron chi connectivity index (χ2n) is 6.40. The molecule has 0 atom stereocenters. The molecule has 118 valence electrons. The minimum atomic E-state index is 1.08. The van der Waals surface area contributed by atoms with Gasteiger partial charge in [-0.15, -0.1) is 11.3 Å². The highest BCUT2D eigenvalue weighted by atomic mass is 32.1. The maximum atomic E-state index is 4.87. The Morgan fingerprint density at radius 3 is 2.33 bits per heavy atom. The molecule has 1 aliphatic rings. The number of nitrogens with zero attached hydrogens (tertiary/aromatic N) is 2. The van der Waals surface area contributed by atoms with Gasteiger partial charge >= 0.3 is 0 Å². The molecule has 3 heteroatoms. The van der Waals surface area contributed by atoms with Crippen LogP contribution in [-0.2, 0) is 12.8 Å². The van der Waals surface area contributed by atoms with Gasteiger partial charge in [0.25, 0.3) is 0 Å². The van der Waals surface area contributed by atoms with E-state index < -0.39 is 0 Å². The minimum absolute atomic E-state index is 1.08. The summed E-state index contributed by atoms with van der Waals surface area (Å²) in [5.74, 6) is 0. The van der Waals surface area contributed by atoms with E-state index in [9.17, 15) is 0 Å².